The van der Waals surface area contributed by atoms with Crippen molar-refractivity contribution in [3.8, 4) is 0 Å². The van der Waals surface area contributed by atoms with E-state index in [9.17, 15) is 52.0 Å². The maximum absolute atomic E-state index is 12.8. The average Bonchev–Trinajstić information content (AvgIpc) is 2.68. The zero-order chi connectivity index (χ0) is 27.1. The van der Waals surface area contributed by atoms with Crippen LogP contribution >= 0.6 is 0 Å². The molecular formula is C21H32F8O4S2. The lowest BCUT2D eigenvalue weighted by Crippen LogP contribution is -2.29. The SMILES string of the molecule is CC(F)(F)CCS(=O)(=O)CC1CC=C(F)CC1.O=S(=O)(CCC(F)(F)F)CC1CCC(F)(F)CC1. The van der Waals surface area contributed by atoms with Gasteiger partial charge in [0.25, 0.3) is 0 Å². The fourth-order valence-electron chi connectivity index (χ4n) is 3.77. The van der Waals surface area contributed by atoms with Gasteiger partial charge in [0.2, 0.25) is 11.8 Å². The van der Waals surface area contributed by atoms with Crippen LogP contribution in [0.2, 0.25) is 0 Å². The van der Waals surface area contributed by atoms with Gasteiger partial charge in [-0.05, 0) is 50.9 Å². The minimum absolute atomic E-state index is 0.0538. The molecule has 0 aromatic carbocycles. The van der Waals surface area contributed by atoms with Crippen molar-refractivity contribution in [2.24, 2.45) is 11.8 Å². The lowest BCUT2D eigenvalue weighted by molar-refractivity contribution is -0.129. The topological polar surface area (TPSA) is 68.3 Å². The van der Waals surface area contributed by atoms with Gasteiger partial charge in [0.1, 0.15) is 0 Å². The highest BCUT2D eigenvalue weighted by atomic mass is 32.2. The fraction of sp³-hybridized carbons (Fsp3) is 0.905. The molecule has 4 nitrogen and oxygen atoms in total. The van der Waals surface area contributed by atoms with Gasteiger partial charge in [0, 0.05) is 19.3 Å². The first-order valence-corrected chi connectivity index (χ1v) is 14.9. The quantitative estimate of drug-likeness (QED) is 0.309. The Hall–Kier alpha value is -0.920. The summed E-state index contributed by atoms with van der Waals surface area (Å²) >= 11 is 0. The highest BCUT2D eigenvalue weighted by Gasteiger charge is 2.37. The molecule has 0 aromatic rings. The van der Waals surface area contributed by atoms with Gasteiger partial charge in [-0.15, -0.1) is 0 Å². The van der Waals surface area contributed by atoms with Crippen molar-refractivity contribution in [2.45, 2.75) is 82.7 Å². The Morgan fingerprint density at radius 1 is 0.857 bits per heavy atom. The first kappa shape index (κ1) is 32.1. The Bertz CT molecular complexity index is 897. The van der Waals surface area contributed by atoms with Crippen LogP contribution in [0.1, 0.15) is 64.7 Å². The van der Waals surface area contributed by atoms with Crippen LogP contribution in [0.3, 0.4) is 0 Å². The number of hydrogen-bond acceptors (Lipinski definition) is 4. The van der Waals surface area contributed by atoms with Crippen molar-refractivity contribution in [2.75, 3.05) is 23.0 Å². The van der Waals surface area contributed by atoms with Gasteiger partial charge in [0.15, 0.2) is 19.7 Å². The summed E-state index contributed by atoms with van der Waals surface area (Å²) in [6.07, 6.45) is -4.69. The van der Waals surface area contributed by atoms with Gasteiger partial charge in [-0.3, -0.25) is 0 Å². The van der Waals surface area contributed by atoms with E-state index in [-0.39, 0.29) is 49.6 Å². The first-order valence-electron chi connectivity index (χ1n) is 11.2. The highest BCUT2D eigenvalue weighted by molar-refractivity contribution is 7.91. The van der Waals surface area contributed by atoms with Gasteiger partial charge in [-0.2, -0.15) is 13.2 Å². The van der Waals surface area contributed by atoms with Gasteiger partial charge >= 0.3 is 6.18 Å². The minimum Gasteiger partial charge on any atom is -0.229 e. The maximum atomic E-state index is 12.8. The molecule has 2 aliphatic carbocycles. The van der Waals surface area contributed by atoms with E-state index in [0.717, 1.165) is 0 Å². The van der Waals surface area contributed by atoms with Crippen LogP contribution in [0, 0.1) is 11.8 Å². The molecule has 1 atom stereocenters. The van der Waals surface area contributed by atoms with Gasteiger partial charge in [-0.1, -0.05) is 6.08 Å². The van der Waals surface area contributed by atoms with Crippen LogP contribution < -0.4 is 0 Å². The van der Waals surface area contributed by atoms with Crippen molar-refractivity contribution < 1.29 is 52.0 Å². The van der Waals surface area contributed by atoms with Crippen LogP contribution in [-0.2, 0) is 19.7 Å². The third-order valence-electron chi connectivity index (χ3n) is 5.83. The largest absolute Gasteiger partial charge is 0.390 e. The molecule has 0 spiro atoms. The number of sulfone groups is 2. The molecule has 35 heavy (non-hydrogen) atoms. The number of alkyl halides is 7. The van der Waals surface area contributed by atoms with E-state index in [1.807, 2.05) is 0 Å². The molecule has 1 fully saturated rings. The molecule has 0 bridgehead atoms. The zero-order valence-electron chi connectivity index (χ0n) is 19.4. The van der Waals surface area contributed by atoms with E-state index in [0.29, 0.717) is 19.8 Å². The highest BCUT2D eigenvalue weighted by Crippen LogP contribution is 2.37. The summed E-state index contributed by atoms with van der Waals surface area (Å²) in [4.78, 5) is 0. The number of allylic oxidation sites excluding steroid dienone is 2. The molecule has 2 aliphatic rings. The predicted molar refractivity (Wildman–Crippen MR) is 117 cm³/mol. The second-order valence-corrected chi connectivity index (χ2v) is 14.0. The van der Waals surface area contributed by atoms with Crippen LogP contribution in [0.25, 0.3) is 0 Å². The molecule has 0 aromatic heterocycles. The standard InChI is InChI=1S/C11H17F3O2S.C10H15F5O2S/c1-11(13,14)6-7-17(15,16)8-9-2-4-10(12)5-3-9;11-9(12)3-1-8(2-4-9)7-18(16,17)6-5-10(13,14)15/h4,9H,2-3,5-8H2,1H3;8H,1-7H2. The zero-order valence-corrected chi connectivity index (χ0v) is 21.0. The summed E-state index contributed by atoms with van der Waals surface area (Å²) in [5.41, 5.74) is 0. The molecule has 0 heterocycles. The average molecular weight is 565 g/mol. The number of halogens is 8. The molecule has 1 unspecified atom stereocenters. The lowest BCUT2D eigenvalue weighted by Gasteiger charge is -2.27. The smallest absolute Gasteiger partial charge is 0.229 e. The molecule has 14 heteroatoms. The molecule has 2 rings (SSSR count). The predicted octanol–water partition coefficient (Wildman–Crippen LogP) is 6.28. The molecule has 0 radical (unpaired) electrons. The van der Waals surface area contributed by atoms with E-state index in [4.69, 9.17) is 0 Å². The van der Waals surface area contributed by atoms with E-state index < -0.39 is 73.7 Å². The molecule has 0 saturated heterocycles. The minimum atomic E-state index is -4.51. The molecule has 208 valence electrons. The van der Waals surface area contributed by atoms with Crippen molar-refractivity contribution >= 4 is 19.7 Å². The second kappa shape index (κ2) is 12.6. The van der Waals surface area contributed by atoms with Gasteiger partial charge in [0.05, 0.1) is 35.3 Å². The summed E-state index contributed by atoms with van der Waals surface area (Å²) in [5, 5.41) is 0. The van der Waals surface area contributed by atoms with Crippen molar-refractivity contribution in [1.82, 2.24) is 0 Å². The van der Waals surface area contributed by atoms with Crippen molar-refractivity contribution in [3.63, 3.8) is 0 Å². The van der Waals surface area contributed by atoms with Gasteiger partial charge < -0.3 is 0 Å². The summed E-state index contributed by atoms with van der Waals surface area (Å²) < 4.78 is 145. The molecular weight excluding hydrogens is 532 g/mol. The van der Waals surface area contributed by atoms with Crippen LogP contribution in [-0.4, -0.2) is 57.9 Å². The Morgan fingerprint density at radius 3 is 1.77 bits per heavy atom. The third-order valence-corrected chi connectivity index (χ3v) is 9.44. The van der Waals surface area contributed by atoms with E-state index in [1.54, 1.807) is 0 Å². The van der Waals surface area contributed by atoms with E-state index in [2.05, 4.69) is 0 Å². The van der Waals surface area contributed by atoms with Crippen molar-refractivity contribution in [3.05, 3.63) is 11.9 Å². The number of rotatable bonds is 9. The molecule has 1 saturated carbocycles. The number of hydrogen-bond donors (Lipinski definition) is 0. The summed E-state index contributed by atoms with van der Waals surface area (Å²) in [6.45, 7) is 0.710. The third kappa shape index (κ3) is 15.7. The Labute approximate surface area is 201 Å². The molecule has 0 amide bonds. The Balaban J connectivity index is 0.000000351. The summed E-state index contributed by atoms with van der Waals surface area (Å²) in [6, 6.07) is 0. The monoisotopic (exact) mass is 564 g/mol. The molecule has 0 N–H and O–H groups in total. The van der Waals surface area contributed by atoms with Crippen molar-refractivity contribution in [1.29, 1.82) is 0 Å². The Kier molecular flexibility index (Phi) is 11.5. The second-order valence-electron chi connectivity index (χ2n) is 9.50. The van der Waals surface area contributed by atoms with Crippen LogP contribution in [0.15, 0.2) is 11.9 Å². The van der Waals surface area contributed by atoms with Gasteiger partial charge in [-0.25, -0.2) is 38.8 Å². The van der Waals surface area contributed by atoms with E-state index in [1.165, 1.54) is 6.08 Å². The van der Waals surface area contributed by atoms with E-state index >= 15 is 0 Å². The Morgan fingerprint density at radius 2 is 1.34 bits per heavy atom. The normalized spacial score (nSPS) is 22.2. The van der Waals surface area contributed by atoms with Crippen LogP contribution in [0.4, 0.5) is 35.1 Å². The molecule has 0 aliphatic heterocycles. The summed E-state index contributed by atoms with van der Waals surface area (Å²) in [7, 11) is -7.28. The first-order chi connectivity index (χ1) is 15.7. The van der Waals surface area contributed by atoms with Crippen LogP contribution in [0.5, 0.6) is 0 Å². The summed E-state index contributed by atoms with van der Waals surface area (Å²) in [5.74, 6) is -8.49. The lowest BCUT2D eigenvalue weighted by atomic mass is 9.88. The maximum Gasteiger partial charge on any atom is 0.390 e. The fourth-order valence-corrected chi connectivity index (χ4v) is 7.38.